The van der Waals surface area contributed by atoms with Crippen molar-refractivity contribution in [3.8, 4) is 0 Å². The molecule has 1 N–H and O–H groups in total. The summed E-state index contributed by atoms with van der Waals surface area (Å²) in [5.41, 5.74) is 0. The molecule has 0 fully saturated rings. The van der Waals surface area contributed by atoms with Gasteiger partial charge < -0.3 is 10.1 Å². The fraction of sp³-hybridized carbons (Fsp3) is 0.455. The van der Waals surface area contributed by atoms with Crippen molar-refractivity contribution in [2.45, 2.75) is 19.4 Å². The highest BCUT2D eigenvalue weighted by Gasteiger charge is 2.18. The van der Waals surface area contributed by atoms with Gasteiger partial charge in [0.1, 0.15) is 6.04 Å². The van der Waals surface area contributed by atoms with Crippen LogP contribution in [0, 0.1) is 0 Å². The van der Waals surface area contributed by atoms with E-state index in [0.717, 1.165) is 0 Å². The topological polar surface area (TPSA) is 55.4 Å². The molecule has 1 aromatic heterocycles. The van der Waals surface area contributed by atoms with Crippen molar-refractivity contribution in [2.75, 3.05) is 12.4 Å². The molecule has 0 aliphatic heterocycles. The Morgan fingerprint density at radius 1 is 1.59 bits per heavy atom. The fourth-order valence-corrected chi connectivity index (χ4v) is 2.16. The number of carbonyl (C=O) groups is 2. The maximum Gasteiger partial charge on any atom is 0.329 e. The first-order valence-electron chi connectivity index (χ1n) is 5.20. The largest absolute Gasteiger partial charge is 0.464 e. The summed E-state index contributed by atoms with van der Waals surface area (Å²) in [6, 6.07) is 3.28. The van der Waals surface area contributed by atoms with Gasteiger partial charge in [0.2, 0.25) is 5.91 Å². The van der Waals surface area contributed by atoms with Gasteiger partial charge in [0, 0.05) is 24.0 Å². The Labute approximate surface area is 110 Å². The van der Waals surface area contributed by atoms with Crippen molar-refractivity contribution in [2.24, 2.45) is 0 Å². The number of hydrogen-bond donors (Lipinski definition) is 2. The molecule has 1 unspecified atom stereocenters. The van der Waals surface area contributed by atoms with Gasteiger partial charge >= 0.3 is 5.97 Å². The Balaban J connectivity index is 2.29. The summed E-state index contributed by atoms with van der Waals surface area (Å²) in [4.78, 5) is 23.5. The minimum atomic E-state index is -0.667. The molecule has 4 nitrogen and oxygen atoms in total. The Kier molecular flexibility index (Phi) is 6.07. The third-order valence-electron chi connectivity index (χ3n) is 2.02. The summed E-state index contributed by atoms with van der Waals surface area (Å²) in [6.45, 7) is 1.68. The van der Waals surface area contributed by atoms with Crippen LogP contribution >= 0.6 is 24.0 Å². The molecule has 0 spiro atoms. The predicted octanol–water partition coefficient (Wildman–Crippen LogP) is 1.27. The van der Waals surface area contributed by atoms with E-state index in [2.05, 4.69) is 17.9 Å². The van der Waals surface area contributed by atoms with E-state index in [9.17, 15) is 9.59 Å². The number of esters is 1. The van der Waals surface area contributed by atoms with Gasteiger partial charge in [-0.05, 0) is 11.4 Å². The molecule has 0 aliphatic carbocycles. The summed E-state index contributed by atoms with van der Waals surface area (Å²) in [7, 11) is 0. The first kappa shape index (κ1) is 14.1. The lowest BCUT2D eigenvalue weighted by Crippen LogP contribution is -2.42. The van der Waals surface area contributed by atoms with Crippen LogP contribution < -0.4 is 5.32 Å². The number of rotatable bonds is 6. The predicted molar refractivity (Wildman–Crippen MR) is 70.4 cm³/mol. The van der Waals surface area contributed by atoms with Crippen molar-refractivity contribution in [1.29, 1.82) is 0 Å². The van der Waals surface area contributed by atoms with Crippen LogP contribution in [0.5, 0.6) is 0 Å². The van der Waals surface area contributed by atoms with Crippen molar-refractivity contribution < 1.29 is 14.3 Å². The zero-order valence-corrected chi connectivity index (χ0v) is 11.2. The van der Waals surface area contributed by atoms with E-state index >= 15 is 0 Å². The van der Waals surface area contributed by atoms with Crippen LogP contribution in [0.15, 0.2) is 17.5 Å². The van der Waals surface area contributed by atoms with E-state index < -0.39 is 12.0 Å². The van der Waals surface area contributed by atoms with E-state index in [4.69, 9.17) is 4.74 Å². The Morgan fingerprint density at radius 3 is 2.88 bits per heavy atom. The number of ether oxygens (including phenoxy) is 1. The van der Waals surface area contributed by atoms with Gasteiger partial charge in [0.05, 0.1) is 6.61 Å². The van der Waals surface area contributed by atoms with Gasteiger partial charge in [-0.2, -0.15) is 12.6 Å². The van der Waals surface area contributed by atoms with Gasteiger partial charge in [-0.3, -0.25) is 4.79 Å². The van der Waals surface area contributed by atoms with Gasteiger partial charge in [-0.1, -0.05) is 6.07 Å². The molecule has 1 heterocycles. The van der Waals surface area contributed by atoms with E-state index in [0.29, 0.717) is 13.0 Å². The highest BCUT2D eigenvalue weighted by atomic mass is 32.1. The number of hydrogen-bond acceptors (Lipinski definition) is 5. The van der Waals surface area contributed by atoms with E-state index in [1.54, 1.807) is 11.3 Å². The zero-order valence-electron chi connectivity index (χ0n) is 9.51. The third kappa shape index (κ3) is 5.23. The SMILES string of the molecule is CC(=O)NC(CS)C(=O)OCCc1cccs1. The summed E-state index contributed by atoms with van der Waals surface area (Å²) in [6.07, 6.45) is 0.697. The van der Waals surface area contributed by atoms with Crippen molar-refractivity contribution in [3.05, 3.63) is 22.4 Å². The molecule has 1 amide bonds. The molecule has 0 saturated carbocycles. The van der Waals surface area contributed by atoms with Crippen molar-refractivity contribution in [3.63, 3.8) is 0 Å². The minimum Gasteiger partial charge on any atom is -0.464 e. The number of carbonyl (C=O) groups excluding carboxylic acids is 2. The van der Waals surface area contributed by atoms with Crippen LogP contribution in [0.2, 0.25) is 0 Å². The van der Waals surface area contributed by atoms with Crippen LogP contribution in [0.25, 0.3) is 0 Å². The Morgan fingerprint density at radius 2 is 2.35 bits per heavy atom. The normalized spacial score (nSPS) is 11.9. The standard InChI is InChI=1S/C11H15NO3S2/c1-8(13)12-10(7-16)11(14)15-5-4-9-3-2-6-17-9/h2-3,6,10,16H,4-5,7H2,1H3,(H,12,13). The molecule has 1 rings (SSSR count). The smallest absolute Gasteiger partial charge is 0.329 e. The fourth-order valence-electron chi connectivity index (χ4n) is 1.23. The van der Waals surface area contributed by atoms with Crippen LogP contribution in [0.3, 0.4) is 0 Å². The number of amides is 1. The van der Waals surface area contributed by atoms with E-state index in [1.807, 2.05) is 17.5 Å². The minimum absolute atomic E-state index is 0.234. The number of thiol groups is 1. The molecule has 6 heteroatoms. The third-order valence-corrected chi connectivity index (χ3v) is 3.32. The summed E-state index contributed by atoms with van der Waals surface area (Å²) >= 11 is 5.62. The quantitative estimate of drug-likeness (QED) is 0.606. The van der Waals surface area contributed by atoms with Crippen LogP contribution in [-0.4, -0.2) is 30.3 Å². The second kappa shape index (κ2) is 7.34. The molecule has 0 bridgehead atoms. The highest BCUT2D eigenvalue weighted by molar-refractivity contribution is 7.80. The van der Waals surface area contributed by atoms with Gasteiger partial charge in [-0.25, -0.2) is 4.79 Å². The van der Waals surface area contributed by atoms with Gasteiger partial charge in [-0.15, -0.1) is 11.3 Å². The first-order valence-corrected chi connectivity index (χ1v) is 6.71. The lowest BCUT2D eigenvalue weighted by Gasteiger charge is -2.14. The van der Waals surface area contributed by atoms with Gasteiger partial charge in [0.25, 0.3) is 0 Å². The molecule has 17 heavy (non-hydrogen) atoms. The lowest BCUT2D eigenvalue weighted by molar-refractivity contribution is -0.146. The van der Waals surface area contributed by atoms with Crippen molar-refractivity contribution >= 4 is 35.8 Å². The molecular weight excluding hydrogens is 258 g/mol. The summed E-state index contributed by atoms with van der Waals surface area (Å²) < 4.78 is 5.07. The molecule has 0 aromatic carbocycles. The van der Waals surface area contributed by atoms with Gasteiger partial charge in [0.15, 0.2) is 0 Å². The maximum atomic E-state index is 11.6. The van der Waals surface area contributed by atoms with Crippen molar-refractivity contribution in [1.82, 2.24) is 5.32 Å². The summed E-state index contributed by atoms with van der Waals surface area (Å²) in [5.74, 6) is -0.469. The second-order valence-corrected chi connectivity index (χ2v) is 4.83. The molecular formula is C11H15NO3S2. The zero-order chi connectivity index (χ0) is 12.7. The van der Waals surface area contributed by atoms with E-state index in [-0.39, 0.29) is 11.7 Å². The molecule has 94 valence electrons. The van der Waals surface area contributed by atoms with Crippen LogP contribution in [0.1, 0.15) is 11.8 Å². The molecule has 1 atom stereocenters. The Bertz CT molecular complexity index is 365. The monoisotopic (exact) mass is 273 g/mol. The molecule has 0 aliphatic rings. The van der Waals surface area contributed by atoms with Crippen LogP contribution in [0.4, 0.5) is 0 Å². The average Bonchev–Trinajstić information content (AvgIpc) is 2.78. The molecule has 0 radical (unpaired) electrons. The number of nitrogens with one attached hydrogen (secondary N) is 1. The maximum absolute atomic E-state index is 11.6. The Hall–Kier alpha value is -1.01. The highest BCUT2D eigenvalue weighted by Crippen LogP contribution is 2.09. The first-order chi connectivity index (χ1) is 8.13. The second-order valence-electron chi connectivity index (χ2n) is 3.43. The van der Waals surface area contributed by atoms with Crippen LogP contribution in [-0.2, 0) is 20.7 Å². The average molecular weight is 273 g/mol. The molecule has 1 aromatic rings. The lowest BCUT2D eigenvalue weighted by atomic mass is 10.3. The molecule has 0 saturated heterocycles. The number of thiophene rings is 1. The summed E-state index contributed by atoms with van der Waals surface area (Å²) in [5, 5.41) is 4.46. The van der Waals surface area contributed by atoms with E-state index in [1.165, 1.54) is 11.8 Å².